The monoisotopic (exact) mass is 445 g/mol. The van der Waals surface area contributed by atoms with E-state index in [1.807, 2.05) is 35.7 Å². The number of hydrogen-bond acceptors (Lipinski definition) is 7. The molecule has 2 aromatic carbocycles. The Morgan fingerprint density at radius 2 is 2.17 bits per heavy atom. The maximum Gasteiger partial charge on any atom is 0.311 e. The quantitative estimate of drug-likeness (QED) is 0.364. The number of ether oxygens (including phenoxy) is 3. The molecule has 0 saturated heterocycles. The normalized spacial score (nSPS) is 15.3. The van der Waals surface area contributed by atoms with E-state index in [2.05, 4.69) is 4.98 Å². The number of carbonyl (C=O) groups excluding carboxylic acids is 1. The molecular weight excluding hydrogens is 425 g/mol. The van der Waals surface area contributed by atoms with E-state index in [9.17, 15) is 9.18 Å². The summed E-state index contributed by atoms with van der Waals surface area (Å²) in [6.45, 7) is 2.41. The fraction of sp³-hybridized carbons (Fsp3) is 0.273. The molecule has 1 atom stereocenters. The Bertz CT molecular complexity index is 1030. The second-order valence-electron chi connectivity index (χ2n) is 6.60. The Morgan fingerprint density at radius 3 is 2.97 bits per heavy atom. The van der Waals surface area contributed by atoms with Crippen molar-refractivity contribution in [2.45, 2.75) is 36.3 Å². The van der Waals surface area contributed by atoms with Gasteiger partial charge in [-0.1, -0.05) is 42.1 Å². The summed E-state index contributed by atoms with van der Waals surface area (Å²) in [5.74, 6) is 0.539. The van der Waals surface area contributed by atoms with Crippen LogP contribution in [0.2, 0.25) is 0 Å². The number of rotatable bonds is 7. The molecule has 0 amide bonds. The van der Waals surface area contributed by atoms with E-state index in [0.29, 0.717) is 29.4 Å². The summed E-state index contributed by atoms with van der Waals surface area (Å²) < 4.78 is 31.8. The first-order chi connectivity index (χ1) is 14.6. The van der Waals surface area contributed by atoms with E-state index < -0.39 is 6.29 Å². The zero-order valence-electron chi connectivity index (χ0n) is 16.3. The van der Waals surface area contributed by atoms with Crippen molar-refractivity contribution in [3.05, 3.63) is 76.0 Å². The Labute approximate surface area is 182 Å². The van der Waals surface area contributed by atoms with E-state index in [-0.39, 0.29) is 24.8 Å². The van der Waals surface area contributed by atoms with Gasteiger partial charge in [-0.25, -0.2) is 9.37 Å². The van der Waals surface area contributed by atoms with Gasteiger partial charge in [0.05, 0.1) is 25.3 Å². The average molecular weight is 446 g/mol. The van der Waals surface area contributed by atoms with Gasteiger partial charge in [-0.15, -0.1) is 11.3 Å². The summed E-state index contributed by atoms with van der Waals surface area (Å²) in [5, 5.41) is 1.84. The molecule has 1 aliphatic rings. The van der Waals surface area contributed by atoms with Gasteiger partial charge < -0.3 is 14.2 Å². The van der Waals surface area contributed by atoms with Gasteiger partial charge in [0.2, 0.25) is 6.29 Å². The van der Waals surface area contributed by atoms with Crippen molar-refractivity contribution >= 4 is 29.1 Å². The average Bonchev–Trinajstić information content (AvgIpc) is 3.19. The molecule has 8 heteroatoms. The topological polar surface area (TPSA) is 57.7 Å². The van der Waals surface area contributed by atoms with Crippen LogP contribution in [0.25, 0.3) is 0 Å². The minimum absolute atomic E-state index is 0.152. The van der Waals surface area contributed by atoms with Gasteiger partial charge in [0.1, 0.15) is 15.9 Å². The first kappa shape index (κ1) is 20.8. The molecule has 1 unspecified atom stereocenters. The molecule has 0 N–H and O–H groups in total. The van der Waals surface area contributed by atoms with E-state index in [0.717, 1.165) is 15.5 Å². The molecule has 1 aliphatic heterocycles. The van der Waals surface area contributed by atoms with Gasteiger partial charge in [0.25, 0.3) is 0 Å². The first-order valence-corrected chi connectivity index (χ1v) is 11.4. The number of halogens is 1. The summed E-state index contributed by atoms with van der Waals surface area (Å²) >= 11 is 2.93. The van der Waals surface area contributed by atoms with Gasteiger partial charge in [-0.3, -0.25) is 4.79 Å². The predicted octanol–water partition coefficient (Wildman–Crippen LogP) is 5.29. The van der Waals surface area contributed by atoms with Gasteiger partial charge in [0, 0.05) is 27.8 Å². The van der Waals surface area contributed by atoms with Crippen molar-refractivity contribution in [1.82, 2.24) is 4.98 Å². The molecule has 0 radical (unpaired) electrons. The van der Waals surface area contributed by atoms with Crippen molar-refractivity contribution in [1.29, 1.82) is 0 Å². The number of hydrogen-bond donors (Lipinski definition) is 0. The highest BCUT2D eigenvalue weighted by atomic mass is 32.2. The fourth-order valence-electron chi connectivity index (χ4n) is 3.09. The zero-order chi connectivity index (χ0) is 20.9. The lowest BCUT2D eigenvalue weighted by atomic mass is 10.1. The predicted molar refractivity (Wildman–Crippen MR) is 113 cm³/mol. The summed E-state index contributed by atoms with van der Waals surface area (Å²) in [7, 11) is 0. The third-order valence-corrected chi connectivity index (χ3v) is 6.53. The van der Waals surface area contributed by atoms with Crippen molar-refractivity contribution in [2.75, 3.05) is 6.61 Å². The van der Waals surface area contributed by atoms with Gasteiger partial charge >= 0.3 is 5.97 Å². The lowest BCUT2D eigenvalue weighted by Gasteiger charge is -2.28. The van der Waals surface area contributed by atoms with E-state index in [1.165, 1.54) is 35.2 Å². The summed E-state index contributed by atoms with van der Waals surface area (Å²) in [6.07, 6.45) is -0.372. The van der Waals surface area contributed by atoms with Crippen LogP contribution >= 0.6 is 23.1 Å². The highest BCUT2D eigenvalue weighted by molar-refractivity contribution is 8.00. The molecule has 5 nitrogen and oxygen atoms in total. The number of esters is 1. The lowest BCUT2D eigenvalue weighted by molar-refractivity contribution is -0.142. The molecule has 0 fully saturated rings. The van der Waals surface area contributed by atoms with Crippen LogP contribution < -0.4 is 4.74 Å². The molecule has 0 saturated carbocycles. The molecule has 1 aromatic heterocycles. The Morgan fingerprint density at radius 1 is 1.33 bits per heavy atom. The van der Waals surface area contributed by atoms with Crippen LogP contribution in [0.3, 0.4) is 0 Å². The van der Waals surface area contributed by atoms with Crippen LogP contribution in [0, 0.1) is 5.82 Å². The standard InChI is InChI=1S/C22H20FNO4S2/c1-2-26-19(25)10-18-13-30-22(24-18)29-12-16-9-17(23)8-15-11-27-21(28-20(15)16)14-6-4-3-5-7-14/h3-9,13,21H,2,10-12H2,1H3. The second kappa shape index (κ2) is 9.59. The van der Waals surface area contributed by atoms with Crippen LogP contribution in [-0.2, 0) is 33.0 Å². The SMILES string of the molecule is CCOC(=O)Cc1csc(SCc2cc(F)cc3c2OC(c2ccccc2)OC3)n1. The fourth-order valence-corrected chi connectivity index (χ4v) is 4.91. The molecule has 4 rings (SSSR count). The van der Waals surface area contributed by atoms with Crippen LogP contribution in [0.5, 0.6) is 5.75 Å². The van der Waals surface area contributed by atoms with Gasteiger partial charge in [-0.2, -0.15) is 0 Å². The Kier molecular flexibility index (Phi) is 6.66. The maximum atomic E-state index is 14.1. The highest BCUT2D eigenvalue weighted by Crippen LogP contribution is 2.39. The van der Waals surface area contributed by atoms with Crippen LogP contribution in [0.15, 0.2) is 52.2 Å². The summed E-state index contributed by atoms with van der Waals surface area (Å²) in [5.41, 5.74) is 3.03. The largest absolute Gasteiger partial charge is 0.466 e. The number of aromatic nitrogens is 1. The van der Waals surface area contributed by atoms with E-state index >= 15 is 0 Å². The Hall–Kier alpha value is -2.42. The third kappa shape index (κ3) is 5.00. The smallest absolute Gasteiger partial charge is 0.311 e. The van der Waals surface area contributed by atoms with Crippen molar-refractivity contribution in [3.63, 3.8) is 0 Å². The molecular formula is C22H20FNO4S2. The number of thioether (sulfide) groups is 1. The molecule has 0 aliphatic carbocycles. The molecule has 3 aromatic rings. The summed E-state index contributed by atoms with van der Waals surface area (Å²) in [6, 6.07) is 12.6. The number of nitrogens with zero attached hydrogens (tertiary/aromatic N) is 1. The van der Waals surface area contributed by atoms with Gasteiger partial charge in [0.15, 0.2) is 0 Å². The van der Waals surface area contributed by atoms with Crippen molar-refractivity contribution in [2.24, 2.45) is 0 Å². The molecule has 156 valence electrons. The third-order valence-electron chi connectivity index (χ3n) is 4.41. The van der Waals surface area contributed by atoms with E-state index in [1.54, 1.807) is 6.92 Å². The number of carbonyl (C=O) groups is 1. The second-order valence-corrected chi connectivity index (χ2v) is 8.68. The number of thiazole rings is 1. The minimum Gasteiger partial charge on any atom is -0.466 e. The molecule has 0 bridgehead atoms. The highest BCUT2D eigenvalue weighted by Gasteiger charge is 2.25. The molecule has 2 heterocycles. The molecule has 0 spiro atoms. The van der Waals surface area contributed by atoms with E-state index in [4.69, 9.17) is 14.2 Å². The number of fused-ring (bicyclic) bond motifs is 1. The number of benzene rings is 2. The van der Waals surface area contributed by atoms with Crippen molar-refractivity contribution in [3.8, 4) is 5.75 Å². The first-order valence-electron chi connectivity index (χ1n) is 9.49. The van der Waals surface area contributed by atoms with Gasteiger partial charge in [-0.05, 0) is 19.1 Å². The van der Waals surface area contributed by atoms with Crippen LogP contribution in [-0.4, -0.2) is 17.6 Å². The van der Waals surface area contributed by atoms with Crippen LogP contribution in [0.1, 0.15) is 35.6 Å². The Balaban J connectivity index is 1.47. The minimum atomic E-state index is -0.524. The maximum absolute atomic E-state index is 14.1. The summed E-state index contributed by atoms with van der Waals surface area (Å²) in [4.78, 5) is 16.1. The van der Waals surface area contributed by atoms with Crippen molar-refractivity contribution < 1.29 is 23.4 Å². The molecule has 30 heavy (non-hydrogen) atoms. The lowest BCUT2D eigenvalue weighted by Crippen LogP contribution is -2.19. The van der Waals surface area contributed by atoms with Crippen LogP contribution in [0.4, 0.5) is 4.39 Å². The zero-order valence-corrected chi connectivity index (χ0v) is 17.9.